The summed E-state index contributed by atoms with van der Waals surface area (Å²) in [6, 6.07) is 20.5. The third-order valence-electron chi connectivity index (χ3n) is 4.32. The van der Waals surface area contributed by atoms with Crippen LogP contribution in [0.1, 0.15) is 5.69 Å². The maximum absolute atomic E-state index is 12.9. The number of fused-ring (bicyclic) bond motifs is 1. The lowest BCUT2D eigenvalue weighted by atomic mass is 10.0. The average molecular weight is 361 g/mol. The van der Waals surface area contributed by atoms with Gasteiger partial charge in [-0.25, -0.2) is 9.67 Å². The summed E-state index contributed by atoms with van der Waals surface area (Å²) >= 11 is 6.30. The van der Waals surface area contributed by atoms with Gasteiger partial charge in [-0.05, 0) is 24.3 Å². The number of aromatic nitrogens is 3. The molecule has 0 fully saturated rings. The van der Waals surface area contributed by atoms with Crippen molar-refractivity contribution < 1.29 is 0 Å². The molecule has 0 saturated carbocycles. The predicted molar refractivity (Wildman–Crippen MR) is 101 cm³/mol. The largest absolute Gasteiger partial charge is 0.297 e. The van der Waals surface area contributed by atoms with E-state index < -0.39 is 0 Å². The lowest BCUT2D eigenvalue weighted by Crippen LogP contribution is -2.19. The lowest BCUT2D eigenvalue weighted by molar-refractivity contribution is 0.666. The molecule has 0 bridgehead atoms. The van der Waals surface area contributed by atoms with E-state index in [1.807, 2.05) is 48.5 Å². The third kappa shape index (κ3) is 2.40. The van der Waals surface area contributed by atoms with Crippen molar-refractivity contribution in [1.82, 2.24) is 14.3 Å². The van der Waals surface area contributed by atoms with Crippen LogP contribution in [0.5, 0.6) is 0 Å². The molecule has 0 N–H and O–H groups in total. The molecule has 0 atom stereocenters. The number of nitriles is 1. The Morgan fingerprint density at radius 2 is 1.73 bits per heavy atom. The van der Waals surface area contributed by atoms with Crippen LogP contribution in [-0.4, -0.2) is 14.3 Å². The van der Waals surface area contributed by atoms with E-state index in [1.54, 1.807) is 23.9 Å². The van der Waals surface area contributed by atoms with Crippen molar-refractivity contribution in [3.05, 3.63) is 81.7 Å². The van der Waals surface area contributed by atoms with E-state index in [9.17, 15) is 10.1 Å². The molecule has 6 heteroatoms. The number of para-hydroxylation sites is 1. The molecule has 5 nitrogen and oxygen atoms in total. The summed E-state index contributed by atoms with van der Waals surface area (Å²) in [7, 11) is 1.79. The highest BCUT2D eigenvalue weighted by Crippen LogP contribution is 2.31. The summed E-state index contributed by atoms with van der Waals surface area (Å²) in [5.41, 5.74) is 2.84. The fourth-order valence-electron chi connectivity index (χ4n) is 3.08. The molecule has 0 radical (unpaired) electrons. The number of hydrogen-bond donors (Lipinski definition) is 0. The topological polar surface area (TPSA) is 63.6 Å². The molecular weight excluding hydrogens is 348 g/mol. The van der Waals surface area contributed by atoms with Gasteiger partial charge in [0.25, 0.3) is 5.56 Å². The first-order valence-electron chi connectivity index (χ1n) is 7.95. The molecule has 0 saturated heterocycles. The van der Waals surface area contributed by atoms with Gasteiger partial charge < -0.3 is 0 Å². The summed E-state index contributed by atoms with van der Waals surface area (Å²) in [5, 5.41) is 10.1. The van der Waals surface area contributed by atoms with Crippen LogP contribution in [0.25, 0.3) is 27.8 Å². The van der Waals surface area contributed by atoms with E-state index >= 15 is 0 Å². The van der Waals surface area contributed by atoms with Crippen LogP contribution in [0.2, 0.25) is 5.02 Å². The summed E-state index contributed by atoms with van der Waals surface area (Å²) in [6.07, 6.45) is 0. The minimum absolute atomic E-state index is 0.175. The monoisotopic (exact) mass is 360 g/mol. The average Bonchev–Trinajstić information content (AvgIpc) is 2.92. The second kappa shape index (κ2) is 6.17. The predicted octanol–water partition coefficient (Wildman–Crippen LogP) is 3.92. The number of rotatable bonds is 2. The number of benzene rings is 2. The van der Waals surface area contributed by atoms with Crippen LogP contribution in [-0.2, 0) is 7.05 Å². The maximum Gasteiger partial charge on any atom is 0.297 e. The van der Waals surface area contributed by atoms with Gasteiger partial charge in [0, 0.05) is 23.2 Å². The van der Waals surface area contributed by atoms with Crippen LogP contribution >= 0.6 is 11.6 Å². The highest BCUT2D eigenvalue weighted by Gasteiger charge is 2.18. The maximum atomic E-state index is 12.9. The first-order chi connectivity index (χ1) is 12.6. The first kappa shape index (κ1) is 16.1. The van der Waals surface area contributed by atoms with Crippen molar-refractivity contribution in [2.45, 2.75) is 0 Å². The van der Waals surface area contributed by atoms with Gasteiger partial charge in [0.15, 0.2) is 5.52 Å². The van der Waals surface area contributed by atoms with Crippen molar-refractivity contribution in [2.24, 2.45) is 7.05 Å². The van der Waals surface area contributed by atoms with E-state index in [0.29, 0.717) is 21.7 Å². The highest BCUT2D eigenvalue weighted by molar-refractivity contribution is 6.33. The zero-order chi connectivity index (χ0) is 18.3. The molecule has 0 aliphatic rings. The molecule has 2 aromatic heterocycles. The molecule has 2 aromatic carbocycles. The van der Waals surface area contributed by atoms with Crippen molar-refractivity contribution >= 4 is 22.6 Å². The van der Waals surface area contributed by atoms with Gasteiger partial charge in [0.05, 0.1) is 11.2 Å². The van der Waals surface area contributed by atoms with E-state index in [2.05, 4.69) is 11.1 Å². The Bertz CT molecular complexity index is 1230. The molecule has 4 rings (SSSR count). The fourth-order valence-corrected chi connectivity index (χ4v) is 3.32. The number of pyridine rings is 1. The number of hydrogen-bond acceptors (Lipinski definition) is 3. The van der Waals surface area contributed by atoms with Crippen molar-refractivity contribution in [3.63, 3.8) is 0 Å². The Morgan fingerprint density at radius 1 is 1.04 bits per heavy atom. The Morgan fingerprint density at radius 3 is 2.42 bits per heavy atom. The smallest absolute Gasteiger partial charge is 0.279 e. The van der Waals surface area contributed by atoms with E-state index in [1.165, 1.54) is 4.68 Å². The van der Waals surface area contributed by atoms with Crippen LogP contribution in [0, 0.1) is 11.3 Å². The highest BCUT2D eigenvalue weighted by atomic mass is 35.5. The molecule has 26 heavy (non-hydrogen) atoms. The van der Waals surface area contributed by atoms with Gasteiger partial charge in [0.2, 0.25) is 0 Å². The summed E-state index contributed by atoms with van der Waals surface area (Å²) < 4.78 is 3.27. The van der Waals surface area contributed by atoms with Gasteiger partial charge in [-0.15, -0.1) is 0 Å². The summed E-state index contributed by atoms with van der Waals surface area (Å²) in [6.45, 7) is 0. The standard InChI is InChI=1S/C20H13ClN4O/c1-24-18-11-15(14-9-5-6-10-16(14)21)17(12-22)23-19(18)20(26)25(24)13-7-3-2-4-8-13/h2-11H,1H3. The van der Waals surface area contributed by atoms with E-state index in [4.69, 9.17) is 11.6 Å². The summed E-state index contributed by atoms with van der Waals surface area (Å²) in [5.74, 6) is 0. The Hall–Kier alpha value is -3.36. The molecule has 2 heterocycles. The molecule has 0 aliphatic heterocycles. The van der Waals surface area contributed by atoms with Crippen LogP contribution in [0.3, 0.4) is 0 Å². The Balaban J connectivity index is 2.07. The Labute approximate surface area is 154 Å². The SMILES string of the molecule is Cn1c2cc(-c3ccccc3Cl)c(C#N)nc2c(=O)n1-c1ccccc1. The number of halogens is 1. The second-order valence-corrected chi connectivity index (χ2v) is 6.23. The normalized spacial score (nSPS) is 10.8. The quantitative estimate of drug-likeness (QED) is 0.544. The van der Waals surface area contributed by atoms with Crippen LogP contribution < -0.4 is 5.56 Å². The first-order valence-corrected chi connectivity index (χ1v) is 8.33. The minimum atomic E-state index is -0.268. The summed E-state index contributed by atoms with van der Waals surface area (Å²) in [4.78, 5) is 17.2. The van der Waals surface area contributed by atoms with E-state index in [0.717, 1.165) is 5.69 Å². The lowest BCUT2D eigenvalue weighted by Gasteiger charge is -2.08. The Kier molecular flexibility index (Phi) is 3.83. The zero-order valence-corrected chi connectivity index (χ0v) is 14.6. The van der Waals surface area contributed by atoms with E-state index in [-0.39, 0.29) is 16.8 Å². The molecule has 0 aliphatic carbocycles. The molecule has 4 aromatic rings. The van der Waals surface area contributed by atoms with Crippen molar-refractivity contribution in [3.8, 4) is 22.9 Å². The minimum Gasteiger partial charge on any atom is -0.279 e. The van der Waals surface area contributed by atoms with Gasteiger partial charge >= 0.3 is 0 Å². The van der Waals surface area contributed by atoms with Gasteiger partial charge in [-0.2, -0.15) is 5.26 Å². The molecule has 0 amide bonds. The fraction of sp³-hybridized carbons (Fsp3) is 0.0500. The molecule has 0 unspecified atom stereocenters. The third-order valence-corrected chi connectivity index (χ3v) is 4.65. The zero-order valence-electron chi connectivity index (χ0n) is 13.8. The number of nitrogens with zero attached hydrogens (tertiary/aromatic N) is 4. The van der Waals surface area contributed by atoms with Crippen LogP contribution in [0.15, 0.2) is 65.5 Å². The van der Waals surface area contributed by atoms with Crippen LogP contribution in [0.4, 0.5) is 0 Å². The van der Waals surface area contributed by atoms with Gasteiger partial charge in [-0.1, -0.05) is 48.0 Å². The molecular formula is C20H13ClN4O. The molecule has 126 valence electrons. The van der Waals surface area contributed by atoms with Crippen molar-refractivity contribution in [1.29, 1.82) is 5.26 Å². The molecule has 0 spiro atoms. The number of aryl methyl sites for hydroxylation is 1. The van der Waals surface area contributed by atoms with Crippen molar-refractivity contribution in [2.75, 3.05) is 0 Å². The second-order valence-electron chi connectivity index (χ2n) is 5.82. The van der Waals surface area contributed by atoms with Gasteiger partial charge in [0.1, 0.15) is 11.8 Å². The van der Waals surface area contributed by atoms with Gasteiger partial charge in [-0.3, -0.25) is 9.48 Å².